The number of nitrogens with zero attached hydrogens (tertiary/aromatic N) is 2. The second kappa shape index (κ2) is 6.80. The molecule has 27 heavy (non-hydrogen) atoms. The summed E-state index contributed by atoms with van der Waals surface area (Å²) < 4.78 is 7.11. The minimum Gasteiger partial charge on any atom is -0.480 e. The molecule has 2 aromatic carbocycles. The number of fused-ring (bicyclic) bond motifs is 2. The average Bonchev–Trinajstić information content (AvgIpc) is 3.31. The maximum atomic E-state index is 13.1. The van der Waals surface area contributed by atoms with Gasteiger partial charge in [0.1, 0.15) is 5.75 Å². The molecule has 0 unspecified atom stereocenters. The van der Waals surface area contributed by atoms with Crippen molar-refractivity contribution in [3.8, 4) is 5.75 Å². The number of carbonyl (C=O) groups is 1. The van der Waals surface area contributed by atoms with Crippen molar-refractivity contribution in [3.05, 3.63) is 58.1 Å². The molecule has 1 saturated heterocycles. The van der Waals surface area contributed by atoms with E-state index in [-0.39, 0.29) is 5.91 Å². The van der Waals surface area contributed by atoms with Crippen LogP contribution in [-0.4, -0.2) is 35.0 Å². The summed E-state index contributed by atoms with van der Waals surface area (Å²) in [6.45, 7) is 1.51. The second-order valence-electron chi connectivity index (χ2n) is 7.21. The van der Waals surface area contributed by atoms with E-state index in [1.807, 2.05) is 29.2 Å². The van der Waals surface area contributed by atoms with E-state index in [1.165, 1.54) is 4.70 Å². The number of hydrogen-bond donors (Lipinski definition) is 0. The molecule has 1 aromatic heterocycles. The first-order valence-corrected chi connectivity index (χ1v) is 10.5. The van der Waals surface area contributed by atoms with Gasteiger partial charge in [-0.3, -0.25) is 4.79 Å². The van der Waals surface area contributed by atoms with Gasteiger partial charge in [0, 0.05) is 30.5 Å². The fourth-order valence-corrected chi connectivity index (χ4v) is 5.29. The molecule has 0 saturated carbocycles. The molecule has 0 radical (unpaired) electrons. The molecule has 0 aliphatic carbocycles. The number of likely N-dealkylation sites (tertiary alicyclic amines) is 1. The zero-order valence-electron chi connectivity index (χ0n) is 14.7. The Hall–Kier alpha value is -2.11. The van der Waals surface area contributed by atoms with Crippen LogP contribution in [0.5, 0.6) is 5.75 Å². The van der Waals surface area contributed by atoms with Crippen LogP contribution in [-0.2, 0) is 11.2 Å². The number of amides is 1. The van der Waals surface area contributed by atoms with Crippen LogP contribution in [0.15, 0.2) is 42.5 Å². The number of hydrogen-bond acceptors (Lipinski definition) is 4. The summed E-state index contributed by atoms with van der Waals surface area (Å²) in [5, 5.41) is 1.82. The minimum atomic E-state index is -0.437. The van der Waals surface area contributed by atoms with Crippen LogP contribution in [0.3, 0.4) is 0 Å². The Bertz CT molecular complexity index is 985. The molecule has 0 spiro atoms. The van der Waals surface area contributed by atoms with E-state index in [9.17, 15) is 4.79 Å². The molecule has 1 amide bonds. The van der Waals surface area contributed by atoms with Gasteiger partial charge in [-0.1, -0.05) is 23.7 Å². The van der Waals surface area contributed by atoms with Gasteiger partial charge in [0.05, 0.1) is 15.2 Å². The van der Waals surface area contributed by atoms with Crippen molar-refractivity contribution in [2.75, 3.05) is 13.1 Å². The van der Waals surface area contributed by atoms with Gasteiger partial charge in [0.15, 0.2) is 6.10 Å². The second-order valence-corrected chi connectivity index (χ2v) is 8.70. The fourth-order valence-electron chi connectivity index (χ4n) is 4.00. The number of thiazole rings is 1. The number of benzene rings is 2. The first-order chi connectivity index (χ1) is 13.2. The van der Waals surface area contributed by atoms with Crippen molar-refractivity contribution in [2.24, 2.45) is 0 Å². The summed E-state index contributed by atoms with van der Waals surface area (Å²) in [6, 6.07) is 13.8. The van der Waals surface area contributed by atoms with Gasteiger partial charge >= 0.3 is 0 Å². The maximum absolute atomic E-state index is 13.1. The molecule has 5 rings (SSSR count). The van der Waals surface area contributed by atoms with Gasteiger partial charge < -0.3 is 9.64 Å². The monoisotopic (exact) mass is 398 g/mol. The van der Waals surface area contributed by atoms with Crippen molar-refractivity contribution in [1.29, 1.82) is 0 Å². The lowest BCUT2D eigenvalue weighted by molar-refractivity contribution is -0.139. The van der Waals surface area contributed by atoms with Gasteiger partial charge in [0.25, 0.3) is 5.91 Å². The third kappa shape index (κ3) is 3.19. The molecular formula is C21H19ClN2O2S. The van der Waals surface area contributed by atoms with Crippen LogP contribution in [0.2, 0.25) is 5.02 Å². The lowest BCUT2D eigenvalue weighted by Gasteiger charge is -2.33. The molecule has 0 bridgehead atoms. The highest BCUT2D eigenvalue weighted by molar-refractivity contribution is 7.18. The molecule has 2 aliphatic heterocycles. The Labute approximate surface area is 166 Å². The van der Waals surface area contributed by atoms with Crippen molar-refractivity contribution in [2.45, 2.75) is 31.3 Å². The van der Waals surface area contributed by atoms with E-state index in [2.05, 4.69) is 12.1 Å². The largest absolute Gasteiger partial charge is 0.480 e. The smallest absolute Gasteiger partial charge is 0.264 e. The molecule has 3 aromatic rings. The normalized spacial score (nSPS) is 21.9. The van der Waals surface area contributed by atoms with Gasteiger partial charge in [-0.15, -0.1) is 11.3 Å². The summed E-state index contributed by atoms with van der Waals surface area (Å²) in [7, 11) is 0. The highest BCUT2D eigenvalue weighted by Gasteiger charge is 2.35. The van der Waals surface area contributed by atoms with Crippen LogP contribution in [0.4, 0.5) is 0 Å². The molecule has 3 heterocycles. The van der Waals surface area contributed by atoms with E-state index in [0.717, 1.165) is 47.8 Å². The Morgan fingerprint density at radius 1 is 1.26 bits per heavy atom. The summed E-state index contributed by atoms with van der Waals surface area (Å²) in [6.07, 6.45) is 2.23. The zero-order valence-corrected chi connectivity index (χ0v) is 16.3. The minimum absolute atomic E-state index is 0.0770. The van der Waals surface area contributed by atoms with E-state index >= 15 is 0 Å². The van der Waals surface area contributed by atoms with E-state index in [0.29, 0.717) is 17.4 Å². The topological polar surface area (TPSA) is 42.4 Å². The molecule has 138 valence electrons. The Morgan fingerprint density at radius 2 is 2.15 bits per heavy atom. The van der Waals surface area contributed by atoms with Crippen LogP contribution in [0, 0.1) is 0 Å². The first-order valence-electron chi connectivity index (χ1n) is 9.27. The quantitative estimate of drug-likeness (QED) is 0.630. The predicted molar refractivity (Wildman–Crippen MR) is 108 cm³/mol. The molecule has 2 atom stereocenters. The Morgan fingerprint density at radius 3 is 3.04 bits per heavy atom. The van der Waals surface area contributed by atoms with Crippen molar-refractivity contribution in [1.82, 2.24) is 9.88 Å². The van der Waals surface area contributed by atoms with Gasteiger partial charge in [-0.2, -0.15) is 0 Å². The number of aromatic nitrogens is 1. The Balaban J connectivity index is 1.31. The van der Waals surface area contributed by atoms with Crippen LogP contribution in [0.1, 0.15) is 29.3 Å². The van der Waals surface area contributed by atoms with E-state index in [1.54, 1.807) is 17.4 Å². The fraction of sp³-hybridized carbons (Fsp3) is 0.333. The zero-order chi connectivity index (χ0) is 18.4. The lowest BCUT2D eigenvalue weighted by Crippen LogP contribution is -2.45. The van der Waals surface area contributed by atoms with Crippen LogP contribution >= 0.6 is 22.9 Å². The maximum Gasteiger partial charge on any atom is 0.264 e. The highest BCUT2D eigenvalue weighted by atomic mass is 35.5. The molecule has 0 N–H and O–H groups in total. The molecular weight excluding hydrogens is 380 g/mol. The summed E-state index contributed by atoms with van der Waals surface area (Å²) >= 11 is 7.81. The van der Waals surface area contributed by atoms with E-state index in [4.69, 9.17) is 21.3 Å². The number of carbonyl (C=O) groups excluding carboxylic acids is 1. The SMILES string of the molecule is O=C([C@@H]1Cc2cc(Cl)ccc2O1)N1CCC[C@@H](c2nc3ccccc3s2)C1. The van der Waals surface area contributed by atoms with Gasteiger partial charge in [0.2, 0.25) is 0 Å². The van der Waals surface area contributed by atoms with E-state index < -0.39 is 6.10 Å². The third-order valence-electron chi connectivity index (χ3n) is 5.37. The summed E-state index contributed by atoms with van der Waals surface area (Å²) in [5.41, 5.74) is 2.06. The van der Waals surface area contributed by atoms with Crippen molar-refractivity contribution >= 4 is 39.1 Å². The predicted octanol–water partition coefficient (Wildman–Crippen LogP) is 4.66. The van der Waals surface area contributed by atoms with Crippen LogP contribution < -0.4 is 4.74 Å². The molecule has 2 aliphatic rings. The highest BCUT2D eigenvalue weighted by Crippen LogP contribution is 2.35. The summed E-state index contributed by atoms with van der Waals surface area (Å²) in [5.74, 6) is 1.16. The lowest BCUT2D eigenvalue weighted by atomic mass is 9.98. The number of ether oxygens (including phenoxy) is 1. The summed E-state index contributed by atoms with van der Waals surface area (Å²) in [4.78, 5) is 19.8. The van der Waals surface area contributed by atoms with Gasteiger partial charge in [-0.25, -0.2) is 4.98 Å². The molecule has 6 heteroatoms. The van der Waals surface area contributed by atoms with Crippen molar-refractivity contribution < 1.29 is 9.53 Å². The van der Waals surface area contributed by atoms with Crippen molar-refractivity contribution in [3.63, 3.8) is 0 Å². The van der Waals surface area contributed by atoms with Gasteiger partial charge in [-0.05, 0) is 48.7 Å². The van der Waals surface area contributed by atoms with Crippen LogP contribution in [0.25, 0.3) is 10.2 Å². The number of rotatable bonds is 2. The molecule has 1 fully saturated rings. The molecule has 4 nitrogen and oxygen atoms in total. The Kier molecular flexibility index (Phi) is 4.29. The third-order valence-corrected chi connectivity index (χ3v) is 6.80. The average molecular weight is 399 g/mol. The number of para-hydroxylation sites is 1. The number of halogens is 1. The first kappa shape index (κ1) is 17.0. The number of piperidine rings is 1. The standard InChI is InChI=1S/C21H19ClN2O2S/c22-15-7-8-17-14(10-15)11-18(26-17)21(25)24-9-3-4-13(12-24)20-23-16-5-1-2-6-19(16)27-20/h1-2,5-8,10,13,18H,3-4,9,11-12H2/t13-,18+/m1/s1.